The van der Waals surface area contributed by atoms with Gasteiger partial charge in [0, 0.05) is 24.8 Å². The molecular weight excluding hydrogens is 522 g/mol. The summed E-state index contributed by atoms with van der Waals surface area (Å²) in [5, 5.41) is 10.3. The summed E-state index contributed by atoms with van der Waals surface area (Å²) in [6.45, 7) is 10.6. The number of aliphatic hydroxyl groups is 1. The maximum atomic E-state index is 12.8. The van der Waals surface area contributed by atoms with Crippen LogP contribution in [0.4, 0.5) is 0 Å². The molecule has 1 N–H and O–H groups in total. The number of thioether (sulfide) groups is 1. The average Bonchev–Trinajstić information content (AvgIpc) is 2.97. The maximum Gasteiger partial charge on any atom is 0.189 e. The van der Waals surface area contributed by atoms with Crippen LogP contribution in [0.2, 0.25) is 0 Å². The largest absolute Gasteiger partial charge is 0.396 e. The first-order valence-electron chi connectivity index (χ1n) is 18.7. The van der Waals surface area contributed by atoms with Crippen LogP contribution < -0.4 is 0 Å². The van der Waals surface area contributed by atoms with Crippen molar-refractivity contribution in [2.75, 3.05) is 26.2 Å². The summed E-state index contributed by atoms with van der Waals surface area (Å²) >= 11 is 1.71. The number of hydrogen-bond acceptors (Lipinski definition) is 4. The number of rotatable bonds is 34. The molecule has 0 atom stereocenters. The summed E-state index contributed by atoms with van der Waals surface area (Å²) in [7, 11) is 0. The van der Waals surface area contributed by atoms with Gasteiger partial charge in [-0.1, -0.05) is 167 Å². The molecule has 0 fully saturated rings. The second kappa shape index (κ2) is 34.4. The lowest BCUT2D eigenvalue weighted by Crippen LogP contribution is -2.27. The molecule has 41 heavy (non-hydrogen) atoms. The Morgan fingerprint density at radius 2 is 0.878 bits per heavy atom. The number of hydrogen-bond donors (Lipinski definition) is 1. The van der Waals surface area contributed by atoms with Gasteiger partial charge in [0.25, 0.3) is 0 Å². The normalized spacial score (nSPS) is 11.8. The van der Waals surface area contributed by atoms with Crippen LogP contribution in [0.1, 0.15) is 201 Å². The van der Waals surface area contributed by atoms with Crippen molar-refractivity contribution in [3.63, 3.8) is 0 Å². The van der Waals surface area contributed by atoms with Gasteiger partial charge in [-0.25, -0.2) is 0 Å². The Labute approximate surface area is 263 Å². The second-order valence-corrected chi connectivity index (χ2v) is 14.1. The zero-order chi connectivity index (χ0) is 30.1. The molecule has 0 aliphatic heterocycles. The molecule has 3 nitrogen and oxygen atoms in total. The lowest BCUT2D eigenvalue weighted by molar-refractivity contribution is -0.111. The Hall–Kier alpha value is -0.0600. The Kier molecular flexibility index (Phi) is 34.4. The molecule has 0 heterocycles. The van der Waals surface area contributed by atoms with Crippen molar-refractivity contribution in [1.82, 2.24) is 4.90 Å². The molecule has 0 aromatic rings. The molecule has 0 unspecified atom stereocenters. The van der Waals surface area contributed by atoms with Gasteiger partial charge in [0.2, 0.25) is 0 Å². The quantitative estimate of drug-likeness (QED) is 0.0749. The van der Waals surface area contributed by atoms with Crippen LogP contribution >= 0.6 is 11.8 Å². The smallest absolute Gasteiger partial charge is 0.189 e. The van der Waals surface area contributed by atoms with Crippen molar-refractivity contribution < 1.29 is 9.90 Å². The van der Waals surface area contributed by atoms with Crippen LogP contribution in [-0.2, 0) is 4.79 Å². The van der Waals surface area contributed by atoms with Crippen LogP contribution in [0.15, 0.2) is 0 Å². The number of unbranched alkanes of at least 4 members (excludes halogenated alkanes) is 20. The lowest BCUT2D eigenvalue weighted by atomic mass is 10.0. The van der Waals surface area contributed by atoms with E-state index >= 15 is 0 Å². The third-order valence-corrected chi connectivity index (χ3v) is 9.89. The molecule has 0 amide bonds. The van der Waals surface area contributed by atoms with Gasteiger partial charge >= 0.3 is 0 Å². The SMILES string of the molecule is CCCCCCCCCN(CCCO)CCCCCCCC(=O)SC(CCCCCCCC)CCCCCCCC. The number of carbonyl (C=O) groups excluding carboxylic acids is 1. The van der Waals surface area contributed by atoms with E-state index < -0.39 is 0 Å². The molecule has 0 aromatic carbocycles. The molecule has 0 bridgehead atoms. The van der Waals surface area contributed by atoms with E-state index in [9.17, 15) is 9.90 Å². The fourth-order valence-electron chi connectivity index (χ4n) is 5.87. The summed E-state index contributed by atoms with van der Waals surface area (Å²) in [6, 6.07) is 0. The van der Waals surface area contributed by atoms with E-state index in [0.717, 1.165) is 25.8 Å². The van der Waals surface area contributed by atoms with Crippen LogP contribution in [0.3, 0.4) is 0 Å². The summed E-state index contributed by atoms with van der Waals surface area (Å²) < 4.78 is 0. The summed E-state index contributed by atoms with van der Waals surface area (Å²) in [4.78, 5) is 15.4. The van der Waals surface area contributed by atoms with E-state index in [1.807, 2.05) is 0 Å². The maximum absolute atomic E-state index is 12.8. The molecule has 246 valence electrons. The van der Waals surface area contributed by atoms with Gasteiger partial charge in [0.1, 0.15) is 0 Å². The summed E-state index contributed by atoms with van der Waals surface area (Å²) in [5.41, 5.74) is 0. The van der Waals surface area contributed by atoms with E-state index in [2.05, 4.69) is 25.7 Å². The Balaban J connectivity index is 4.09. The van der Waals surface area contributed by atoms with Crippen LogP contribution in [0.5, 0.6) is 0 Å². The Morgan fingerprint density at radius 1 is 0.512 bits per heavy atom. The minimum absolute atomic E-state index is 0.304. The standard InChI is InChI=1S/C37H75NO2S/c1-4-7-10-13-16-21-26-32-38(34-28-35-39)33-27-22-17-20-25-31-37(40)41-36(29-23-18-14-11-8-5-2)30-24-19-15-12-9-6-3/h36,39H,4-35H2,1-3H3. The van der Waals surface area contributed by atoms with Crippen LogP contribution in [-0.4, -0.2) is 46.6 Å². The number of aliphatic hydroxyl groups excluding tert-OH is 1. The molecule has 0 aliphatic carbocycles. The predicted octanol–water partition coefficient (Wildman–Crippen LogP) is 11.9. The molecule has 0 saturated heterocycles. The van der Waals surface area contributed by atoms with Gasteiger partial charge in [-0.05, 0) is 51.6 Å². The Morgan fingerprint density at radius 3 is 1.32 bits per heavy atom. The fraction of sp³-hybridized carbons (Fsp3) is 0.973. The first kappa shape index (κ1) is 40.9. The molecule has 0 spiro atoms. The van der Waals surface area contributed by atoms with Crippen molar-refractivity contribution in [1.29, 1.82) is 0 Å². The van der Waals surface area contributed by atoms with Crippen molar-refractivity contribution in [3.05, 3.63) is 0 Å². The number of nitrogens with zero attached hydrogens (tertiary/aromatic N) is 1. The highest BCUT2D eigenvalue weighted by molar-refractivity contribution is 8.14. The molecule has 0 radical (unpaired) electrons. The third kappa shape index (κ3) is 31.2. The minimum Gasteiger partial charge on any atom is -0.396 e. The van der Waals surface area contributed by atoms with Gasteiger partial charge in [0.15, 0.2) is 5.12 Å². The zero-order valence-corrected chi connectivity index (χ0v) is 29.2. The lowest BCUT2D eigenvalue weighted by Gasteiger charge is -2.22. The molecule has 0 rings (SSSR count). The number of carbonyl (C=O) groups is 1. The third-order valence-electron chi connectivity index (χ3n) is 8.62. The van der Waals surface area contributed by atoms with Crippen molar-refractivity contribution in [3.8, 4) is 0 Å². The van der Waals surface area contributed by atoms with Crippen LogP contribution in [0.25, 0.3) is 0 Å². The van der Waals surface area contributed by atoms with Crippen molar-refractivity contribution in [2.24, 2.45) is 0 Å². The monoisotopic (exact) mass is 598 g/mol. The topological polar surface area (TPSA) is 40.5 Å². The molecule has 4 heteroatoms. The second-order valence-electron chi connectivity index (χ2n) is 12.8. The summed E-state index contributed by atoms with van der Waals surface area (Å²) in [6.07, 6.45) is 35.9. The van der Waals surface area contributed by atoms with Gasteiger partial charge < -0.3 is 10.0 Å². The van der Waals surface area contributed by atoms with Crippen LogP contribution in [0, 0.1) is 0 Å². The van der Waals surface area contributed by atoms with Gasteiger partial charge in [-0.2, -0.15) is 0 Å². The highest BCUT2D eigenvalue weighted by Gasteiger charge is 2.14. The van der Waals surface area contributed by atoms with E-state index in [0.29, 0.717) is 17.0 Å². The van der Waals surface area contributed by atoms with E-state index in [1.165, 1.54) is 174 Å². The highest BCUT2D eigenvalue weighted by atomic mass is 32.2. The minimum atomic E-state index is 0.304. The van der Waals surface area contributed by atoms with Gasteiger partial charge in [-0.3, -0.25) is 4.79 Å². The van der Waals surface area contributed by atoms with Gasteiger partial charge in [0.05, 0.1) is 0 Å². The van der Waals surface area contributed by atoms with E-state index in [-0.39, 0.29) is 0 Å². The van der Waals surface area contributed by atoms with E-state index in [1.54, 1.807) is 11.8 Å². The zero-order valence-electron chi connectivity index (χ0n) is 28.4. The summed E-state index contributed by atoms with van der Waals surface area (Å²) in [5.74, 6) is 0. The van der Waals surface area contributed by atoms with Crippen molar-refractivity contribution >= 4 is 16.9 Å². The first-order valence-corrected chi connectivity index (χ1v) is 19.6. The molecule has 0 aromatic heterocycles. The van der Waals surface area contributed by atoms with Gasteiger partial charge in [-0.15, -0.1) is 0 Å². The first-order chi connectivity index (χ1) is 20.2. The van der Waals surface area contributed by atoms with Crippen molar-refractivity contribution in [2.45, 2.75) is 206 Å². The molecule has 0 saturated carbocycles. The predicted molar refractivity (Wildman–Crippen MR) is 186 cm³/mol. The average molecular weight is 598 g/mol. The Bertz CT molecular complexity index is 499. The molecule has 0 aliphatic rings. The molecular formula is C37H75NO2S. The highest BCUT2D eigenvalue weighted by Crippen LogP contribution is 2.27. The fourth-order valence-corrected chi connectivity index (χ4v) is 7.07. The van der Waals surface area contributed by atoms with E-state index in [4.69, 9.17) is 0 Å².